The number of nitrogens with one attached hydrogen (secondary N) is 1. The first kappa shape index (κ1) is 16.1. The predicted molar refractivity (Wildman–Crippen MR) is 92.0 cm³/mol. The summed E-state index contributed by atoms with van der Waals surface area (Å²) in [7, 11) is 0. The fraction of sp³-hybridized carbons (Fsp3) is 0.450. The summed E-state index contributed by atoms with van der Waals surface area (Å²) in [5.41, 5.74) is 0.987. The molecule has 0 radical (unpaired) electrons. The average Bonchev–Trinajstić information content (AvgIpc) is 3.29. The van der Waals surface area contributed by atoms with Crippen molar-refractivity contribution in [2.24, 2.45) is 23.7 Å². The summed E-state index contributed by atoms with van der Waals surface area (Å²) in [4.78, 5) is 39.4. The molecule has 2 aliphatic carbocycles. The number of benzene rings is 1. The molecule has 3 amide bonds. The third-order valence-corrected chi connectivity index (χ3v) is 5.93. The van der Waals surface area contributed by atoms with Crippen LogP contribution in [0.15, 0.2) is 42.5 Å². The Bertz CT molecular complexity index is 727. The number of carbonyl (C=O) groups is 3. The van der Waals surface area contributed by atoms with Crippen molar-refractivity contribution in [2.45, 2.75) is 32.4 Å². The first-order valence-corrected chi connectivity index (χ1v) is 8.89. The first-order valence-electron chi connectivity index (χ1n) is 8.89. The molecule has 1 saturated heterocycles. The summed E-state index contributed by atoms with van der Waals surface area (Å²) in [6.07, 6.45) is 5.01. The average molecular weight is 338 g/mol. The van der Waals surface area contributed by atoms with Crippen molar-refractivity contribution in [3.05, 3.63) is 48.0 Å². The Hall–Kier alpha value is -2.43. The second-order valence-electron chi connectivity index (χ2n) is 7.36. The van der Waals surface area contributed by atoms with Gasteiger partial charge in [-0.25, -0.2) is 0 Å². The number of fused-ring (bicyclic) bond motifs is 5. The normalized spacial score (nSPS) is 32.0. The Kier molecular flexibility index (Phi) is 3.74. The van der Waals surface area contributed by atoms with E-state index in [-0.39, 0.29) is 47.4 Å². The van der Waals surface area contributed by atoms with E-state index in [1.54, 1.807) is 6.92 Å². The van der Waals surface area contributed by atoms with Gasteiger partial charge in [-0.2, -0.15) is 0 Å². The van der Waals surface area contributed by atoms with Gasteiger partial charge < -0.3 is 5.32 Å². The monoisotopic (exact) mass is 338 g/mol. The first-order chi connectivity index (χ1) is 12.0. The molecular weight excluding hydrogens is 316 g/mol. The number of allylic oxidation sites excluding steroid dienone is 2. The van der Waals surface area contributed by atoms with Crippen LogP contribution in [0.5, 0.6) is 0 Å². The summed E-state index contributed by atoms with van der Waals surface area (Å²) in [5.74, 6) is -0.847. The van der Waals surface area contributed by atoms with Crippen molar-refractivity contribution in [2.75, 3.05) is 0 Å². The number of hydrogen-bond acceptors (Lipinski definition) is 3. The van der Waals surface area contributed by atoms with E-state index in [0.717, 1.165) is 12.0 Å². The highest BCUT2D eigenvalue weighted by Gasteiger charge is 2.60. The quantitative estimate of drug-likeness (QED) is 0.675. The topological polar surface area (TPSA) is 66.5 Å². The van der Waals surface area contributed by atoms with Crippen LogP contribution >= 0.6 is 0 Å². The van der Waals surface area contributed by atoms with Crippen LogP contribution in [-0.4, -0.2) is 28.7 Å². The van der Waals surface area contributed by atoms with E-state index in [0.29, 0.717) is 0 Å². The standard InChI is InChI=1S/C20H22N2O3/c1-11(13-6-4-3-5-7-13)21-18(23)12(2)22-19(24)16-14-8-9-15(10-14)17(16)20(22)25/h3-9,11-12,14-17H,10H2,1-2H3,(H,21,23)/t11-,12-,14-,15-,16-,17+/m0/s1. The minimum absolute atomic E-state index is 0.162. The van der Waals surface area contributed by atoms with Crippen molar-refractivity contribution in [1.29, 1.82) is 0 Å². The van der Waals surface area contributed by atoms with Crippen LogP contribution in [0.25, 0.3) is 0 Å². The van der Waals surface area contributed by atoms with Gasteiger partial charge in [0.25, 0.3) is 0 Å². The molecule has 1 heterocycles. The zero-order valence-corrected chi connectivity index (χ0v) is 14.4. The van der Waals surface area contributed by atoms with Gasteiger partial charge >= 0.3 is 0 Å². The summed E-state index contributed by atoms with van der Waals surface area (Å²) in [6, 6.07) is 8.67. The van der Waals surface area contributed by atoms with Gasteiger partial charge in [0.05, 0.1) is 17.9 Å². The van der Waals surface area contributed by atoms with Gasteiger partial charge in [-0.1, -0.05) is 42.5 Å². The Labute approximate surface area is 147 Å². The summed E-state index contributed by atoms with van der Waals surface area (Å²) >= 11 is 0. The molecule has 0 unspecified atom stereocenters. The highest BCUT2D eigenvalue weighted by molar-refractivity contribution is 6.09. The van der Waals surface area contributed by atoms with Crippen molar-refractivity contribution >= 4 is 17.7 Å². The maximum Gasteiger partial charge on any atom is 0.243 e. The van der Waals surface area contributed by atoms with Crippen molar-refractivity contribution < 1.29 is 14.4 Å². The lowest BCUT2D eigenvalue weighted by Gasteiger charge is -2.25. The molecule has 3 aliphatic rings. The van der Waals surface area contributed by atoms with Crippen LogP contribution in [0.4, 0.5) is 0 Å². The largest absolute Gasteiger partial charge is 0.348 e. The van der Waals surface area contributed by atoms with Gasteiger partial charge in [-0.05, 0) is 37.7 Å². The van der Waals surface area contributed by atoms with E-state index in [1.807, 2.05) is 37.3 Å². The minimum Gasteiger partial charge on any atom is -0.348 e. The number of carbonyl (C=O) groups excluding carboxylic acids is 3. The van der Waals surface area contributed by atoms with Crippen LogP contribution in [-0.2, 0) is 14.4 Å². The zero-order chi connectivity index (χ0) is 17.7. The summed E-state index contributed by atoms with van der Waals surface area (Å²) < 4.78 is 0. The number of likely N-dealkylation sites (tertiary alicyclic amines) is 1. The molecule has 130 valence electrons. The van der Waals surface area contributed by atoms with Gasteiger partial charge in [0, 0.05) is 0 Å². The van der Waals surface area contributed by atoms with Crippen LogP contribution in [0.1, 0.15) is 31.9 Å². The van der Waals surface area contributed by atoms with E-state index >= 15 is 0 Å². The van der Waals surface area contributed by atoms with Gasteiger partial charge in [-0.15, -0.1) is 0 Å². The lowest BCUT2D eigenvalue weighted by atomic mass is 9.85. The Morgan fingerprint density at radius 2 is 1.60 bits per heavy atom. The molecule has 4 rings (SSSR count). The number of hydrogen-bond donors (Lipinski definition) is 1. The van der Waals surface area contributed by atoms with Crippen LogP contribution in [0, 0.1) is 23.7 Å². The zero-order valence-electron chi connectivity index (χ0n) is 14.4. The van der Waals surface area contributed by atoms with Crippen LogP contribution < -0.4 is 5.32 Å². The second-order valence-corrected chi connectivity index (χ2v) is 7.36. The van der Waals surface area contributed by atoms with E-state index < -0.39 is 6.04 Å². The molecule has 25 heavy (non-hydrogen) atoms. The number of imide groups is 1. The van der Waals surface area contributed by atoms with Crippen molar-refractivity contribution in [3.63, 3.8) is 0 Å². The van der Waals surface area contributed by atoms with Gasteiger partial charge in [0.2, 0.25) is 17.7 Å². The fourth-order valence-corrected chi connectivity index (χ4v) is 4.58. The molecule has 1 aromatic rings. The van der Waals surface area contributed by atoms with Crippen LogP contribution in [0.2, 0.25) is 0 Å². The second kappa shape index (κ2) is 5.83. The van der Waals surface area contributed by atoms with Gasteiger partial charge in [0.1, 0.15) is 6.04 Å². The maximum absolute atomic E-state index is 12.8. The lowest BCUT2D eigenvalue weighted by molar-refractivity contribution is -0.148. The SMILES string of the molecule is C[C@H](NC(=O)[C@H](C)N1C(=O)[C@@H]2[C@H](C1=O)[C@H]1C=C[C@H]2C1)c1ccccc1. The molecule has 1 aliphatic heterocycles. The molecule has 5 nitrogen and oxygen atoms in total. The molecule has 2 bridgehead atoms. The number of amides is 3. The van der Waals surface area contributed by atoms with E-state index in [9.17, 15) is 14.4 Å². The molecular formula is C20H22N2O3. The highest BCUT2D eigenvalue weighted by Crippen LogP contribution is 2.52. The third kappa shape index (κ3) is 2.41. The maximum atomic E-state index is 12.8. The fourth-order valence-electron chi connectivity index (χ4n) is 4.58. The summed E-state index contributed by atoms with van der Waals surface area (Å²) in [5, 5.41) is 2.92. The molecule has 5 heteroatoms. The lowest BCUT2D eigenvalue weighted by Crippen LogP contribution is -2.49. The number of nitrogens with zero attached hydrogens (tertiary/aromatic N) is 1. The highest BCUT2D eigenvalue weighted by atomic mass is 16.2. The summed E-state index contributed by atoms with van der Waals surface area (Å²) in [6.45, 7) is 3.53. The molecule has 1 saturated carbocycles. The smallest absolute Gasteiger partial charge is 0.243 e. The molecule has 6 atom stereocenters. The van der Waals surface area contributed by atoms with E-state index in [2.05, 4.69) is 17.5 Å². The Morgan fingerprint density at radius 3 is 2.16 bits per heavy atom. The molecule has 1 aromatic carbocycles. The molecule has 1 N–H and O–H groups in total. The predicted octanol–water partition coefficient (Wildman–Crippen LogP) is 2.06. The van der Waals surface area contributed by atoms with Gasteiger partial charge in [-0.3, -0.25) is 19.3 Å². The Balaban J connectivity index is 1.48. The third-order valence-electron chi connectivity index (χ3n) is 5.93. The van der Waals surface area contributed by atoms with Crippen LogP contribution in [0.3, 0.4) is 0 Å². The molecule has 2 fully saturated rings. The Morgan fingerprint density at radius 1 is 1.04 bits per heavy atom. The van der Waals surface area contributed by atoms with Gasteiger partial charge in [0.15, 0.2) is 0 Å². The molecule has 0 aromatic heterocycles. The van der Waals surface area contributed by atoms with E-state index in [1.165, 1.54) is 4.90 Å². The van der Waals surface area contributed by atoms with E-state index in [4.69, 9.17) is 0 Å². The van der Waals surface area contributed by atoms with Crippen molar-refractivity contribution in [1.82, 2.24) is 10.2 Å². The minimum atomic E-state index is -0.781. The number of rotatable bonds is 4. The molecule has 0 spiro atoms. The van der Waals surface area contributed by atoms with Crippen molar-refractivity contribution in [3.8, 4) is 0 Å².